The minimum Gasteiger partial charge on any atom is -0.394 e. The van der Waals surface area contributed by atoms with Crippen LogP contribution in [0.4, 0.5) is 17.5 Å². The molecule has 1 aromatic heterocycles. The Hall–Kier alpha value is -2.66. The second kappa shape index (κ2) is 7.27. The maximum atomic E-state index is 9.47. The van der Waals surface area contributed by atoms with Gasteiger partial charge in [0.2, 0.25) is 5.95 Å². The van der Waals surface area contributed by atoms with Gasteiger partial charge in [0.05, 0.1) is 18.2 Å². The maximum absolute atomic E-state index is 9.47. The summed E-state index contributed by atoms with van der Waals surface area (Å²) in [7, 11) is 0. The summed E-state index contributed by atoms with van der Waals surface area (Å²) in [5, 5.41) is 17.0. The summed E-state index contributed by atoms with van der Waals surface area (Å²) in [5.41, 5.74) is 2.98. The molecular weight excluding hydrogens is 300 g/mol. The predicted molar refractivity (Wildman–Crippen MR) is 98.8 cm³/mol. The number of fused-ring (bicyclic) bond motifs is 1. The van der Waals surface area contributed by atoms with Crippen LogP contribution in [0.3, 0.4) is 0 Å². The third-order valence-electron chi connectivity index (χ3n) is 3.93. The maximum Gasteiger partial charge on any atom is 0.229 e. The number of aliphatic hydroxyl groups excluding tert-OH is 1. The summed E-state index contributed by atoms with van der Waals surface area (Å²) in [6.45, 7) is 4.14. The SMILES string of the molecule is CCC(CO)Nc1nc(Nc2cccc(C)c2)nc2ccccc12. The van der Waals surface area contributed by atoms with Crippen molar-refractivity contribution in [3.63, 3.8) is 0 Å². The lowest BCUT2D eigenvalue weighted by Crippen LogP contribution is -2.23. The van der Waals surface area contributed by atoms with Crippen molar-refractivity contribution in [1.29, 1.82) is 0 Å². The molecule has 124 valence electrons. The molecule has 0 bridgehead atoms. The van der Waals surface area contributed by atoms with Gasteiger partial charge in [0.15, 0.2) is 0 Å². The Balaban J connectivity index is 1.99. The molecule has 0 amide bonds. The molecule has 3 rings (SSSR count). The number of aryl methyl sites for hydroxylation is 1. The first-order chi connectivity index (χ1) is 11.7. The van der Waals surface area contributed by atoms with E-state index in [4.69, 9.17) is 0 Å². The van der Waals surface area contributed by atoms with Gasteiger partial charge in [-0.1, -0.05) is 31.2 Å². The lowest BCUT2D eigenvalue weighted by molar-refractivity contribution is 0.271. The van der Waals surface area contributed by atoms with Crippen LogP contribution in [0, 0.1) is 6.92 Å². The molecule has 0 saturated carbocycles. The molecule has 2 aromatic carbocycles. The number of rotatable bonds is 6. The van der Waals surface area contributed by atoms with E-state index in [2.05, 4.69) is 20.6 Å². The highest BCUT2D eigenvalue weighted by atomic mass is 16.3. The van der Waals surface area contributed by atoms with E-state index in [9.17, 15) is 5.11 Å². The van der Waals surface area contributed by atoms with Crippen molar-refractivity contribution in [2.75, 3.05) is 17.2 Å². The Kier molecular flexibility index (Phi) is 4.91. The third kappa shape index (κ3) is 3.63. The molecule has 0 aliphatic heterocycles. The zero-order valence-corrected chi connectivity index (χ0v) is 14.0. The standard InChI is InChI=1S/C19H22N4O/c1-3-14(12-24)20-18-16-9-4-5-10-17(16)22-19(23-18)21-15-8-6-7-13(2)11-15/h4-11,14,24H,3,12H2,1-2H3,(H2,20,21,22,23). The minimum atomic E-state index is -0.0323. The van der Waals surface area contributed by atoms with Crippen LogP contribution >= 0.6 is 0 Å². The van der Waals surface area contributed by atoms with Crippen molar-refractivity contribution < 1.29 is 5.11 Å². The highest BCUT2D eigenvalue weighted by Gasteiger charge is 2.11. The number of nitrogens with one attached hydrogen (secondary N) is 2. The molecule has 3 aromatic rings. The van der Waals surface area contributed by atoms with Crippen LogP contribution in [-0.4, -0.2) is 27.7 Å². The van der Waals surface area contributed by atoms with Crippen molar-refractivity contribution in [3.05, 3.63) is 54.1 Å². The molecule has 1 heterocycles. The van der Waals surface area contributed by atoms with E-state index in [0.717, 1.165) is 28.8 Å². The van der Waals surface area contributed by atoms with Crippen LogP contribution in [0.15, 0.2) is 48.5 Å². The second-order valence-corrected chi connectivity index (χ2v) is 5.84. The van der Waals surface area contributed by atoms with Gasteiger partial charge in [-0.2, -0.15) is 4.98 Å². The molecule has 0 aliphatic rings. The van der Waals surface area contributed by atoms with Crippen molar-refractivity contribution >= 4 is 28.4 Å². The summed E-state index contributed by atoms with van der Waals surface area (Å²) in [6, 6.07) is 15.9. The lowest BCUT2D eigenvalue weighted by Gasteiger charge is -2.17. The van der Waals surface area contributed by atoms with Crippen LogP contribution < -0.4 is 10.6 Å². The molecule has 24 heavy (non-hydrogen) atoms. The first-order valence-corrected chi connectivity index (χ1v) is 8.17. The topological polar surface area (TPSA) is 70.1 Å². The summed E-state index contributed by atoms with van der Waals surface area (Å²) in [6.07, 6.45) is 0.815. The first-order valence-electron chi connectivity index (χ1n) is 8.17. The number of hydrogen-bond donors (Lipinski definition) is 3. The number of benzene rings is 2. The van der Waals surface area contributed by atoms with Crippen LogP contribution in [0.25, 0.3) is 10.9 Å². The van der Waals surface area contributed by atoms with E-state index in [0.29, 0.717) is 5.95 Å². The number of aromatic nitrogens is 2. The van der Waals surface area contributed by atoms with Crippen molar-refractivity contribution in [3.8, 4) is 0 Å². The summed E-state index contributed by atoms with van der Waals surface area (Å²) in [4.78, 5) is 9.21. The Labute approximate surface area is 141 Å². The van der Waals surface area contributed by atoms with Gasteiger partial charge >= 0.3 is 0 Å². The molecular formula is C19H22N4O. The Bertz CT molecular complexity index is 830. The molecule has 3 N–H and O–H groups in total. The van der Waals surface area contributed by atoms with Gasteiger partial charge in [-0.3, -0.25) is 0 Å². The molecule has 0 saturated heterocycles. The normalized spacial score (nSPS) is 12.1. The van der Waals surface area contributed by atoms with Gasteiger partial charge in [0.25, 0.3) is 0 Å². The third-order valence-corrected chi connectivity index (χ3v) is 3.93. The summed E-state index contributed by atoms with van der Waals surface area (Å²) >= 11 is 0. The van der Waals surface area contributed by atoms with Crippen LogP contribution in [0.2, 0.25) is 0 Å². The smallest absolute Gasteiger partial charge is 0.229 e. The fraction of sp³-hybridized carbons (Fsp3) is 0.263. The molecule has 0 fully saturated rings. The molecule has 0 radical (unpaired) electrons. The second-order valence-electron chi connectivity index (χ2n) is 5.84. The van der Waals surface area contributed by atoms with Crippen molar-refractivity contribution in [2.45, 2.75) is 26.3 Å². The van der Waals surface area contributed by atoms with E-state index in [-0.39, 0.29) is 12.6 Å². The van der Waals surface area contributed by atoms with E-state index in [1.165, 1.54) is 5.56 Å². The quantitative estimate of drug-likeness (QED) is 0.643. The summed E-state index contributed by atoms with van der Waals surface area (Å²) in [5.74, 6) is 1.27. The fourth-order valence-electron chi connectivity index (χ4n) is 2.56. The Morgan fingerprint density at radius 3 is 2.67 bits per heavy atom. The zero-order valence-electron chi connectivity index (χ0n) is 14.0. The Morgan fingerprint density at radius 1 is 1.08 bits per heavy atom. The molecule has 1 atom stereocenters. The lowest BCUT2D eigenvalue weighted by atomic mass is 10.2. The molecule has 0 aliphatic carbocycles. The number of hydrogen-bond acceptors (Lipinski definition) is 5. The largest absolute Gasteiger partial charge is 0.394 e. The van der Waals surface area contributed by atoms with Gasteiger partial charge in [-0.25, -0.2) is 4.98 Å². The number of para-hydroxylation sites is 1. The van der Waals surface area contributed by atoms with Crippen molar-refractivity contribution in [2.24, 2.45) is 0 Å². The van der Waals surface area contributed by atoms with Gasteiger partial charge in [-0.05, 0) is 43.2 Å². The van der Waals surface area contributed by atoms with Gasteiger partial charge in [0.1, 0.15) is 5.82 Å². The van der Waals surface area contributed by atoms with Gasteiger partial charge in [-0.15, -0.1) is 0 Å². The molecule has 1 unspecified atom stereocenters. The van der Waals surface area contributed by atoms with E-state index in [1.54, 1.807) is 0 Å². The van der Waals surface area contributed by atoms with Gasteiger partial charge in [0, 0.05) is 11.1 Å². The monoisotopic (exact) mass is 322 g/mol. The van der Waals surface area contributed by atoms with Crippen LogP contribution in [0.5, 0.6) is 0 Å². The molecule has 5 heteroatoms. The average molecular weight is 322 g/mol. The summed E-state index contributed by atoms with van der Waals surface area (Å²) < 4.78 is 0. The van der Waals surface area contributed by atoms with E-state index < -0.39 is 0 Å². The van der Waals surface area contributed by atoms with Gasteiger partial charge < -0.3 is 15.7 Å². The predicted octanol–water partition coefficient (Wildman–Crippen LogP) is 3.86. The number of nitrogens with zero attached hydrogens (tertiary/aromatic N) is 2. The van der Waals surface area contributed by atoms with Crippen LogP contribution in [-0.2, 0) is 0 Å². The van der Waals surface area contributed by atoms with E-state index >= 15 is 0 Å². The Morgan fingerprint density at radius 2 is 1.92 bits per heavy atom. The minimum absolute atomic E-state index is 0.0323. The molecule has 5 nitrogen and oxygen atoms in total. The number of aliphatic hydroxyl groups is 1. The fourth-order valence-corrected chi connectivity index (χ4v) is 2.56. The zero-order chi connectivity index (χ0) is 16.9. The molecule has 0 spiro atoms. The van der Waals surface area contributed by atoms with E-state index in [1.807, 2.05) is 62.4 Å². The highest BCUT2D eigenvalue weighted by Crippen LogP contribution is 2.24. The van der Waals surface area contributed by atoms with Crippen molar-refractivity contribution in [1.82, 2.24) is 9.97 Å². The highest BCUT2D eigenvalue weighted by molar-refractivity contribution is 5.90. The average Bonchev–Trinajstić information content (AvgIpc) is 2.59. The van der Waals surface area contributed by atoms with Crippen LogP contribution in [0.1, 0.15) is 18.9 Å². The number of anilines is 3. The first kappa shape index (κ1) is 16.2.